The number of benzene rings is 2. The second kappa shape index (κ2) is 7.13. The molecule has 0 atom stereocenters. The number of hydrogen-bond acceptors (Lipinski definition) is 3. The van der Waals surface area contributed by atoms with Crippen LogP contribution < -0.4 is 0 Å². The van der Waals surface area contributed by atoms with Gasteiger partial charge in [0.15, 0.2) is 5.78 Å². The van der Waals surface area contributed by atoms with E-state index in [2.05, 4.69) is 5.10 Å². The molecule has 0 amide bonds. The summed E-state index contributed by atoms with van der Waals surface area (Å²) in [6.45, 7) is 0. The zero-order valence-corrected chi connectivity index (χ0v) is 14.1. The molecule has 25 heavy (non-hydrogen) atoms. The number of allylic oxidation sites excluding steroid dienone is 1. The van der Waals surface area contributed by atoms with Crippen molar-refractivity contribution in [1.29, 1.82) is 0 Å². The first-order chi connectivity index (χ1) is 12.0. The van der Waals surface area contributed by atoms with Crippen molar-refractivity contribution in [3.8, 4) is 16.9 Å². The number of hydrogen-bond donors (Lipinski definition) is 0. The van der Waals surface area contributed by atoms with Gasteiger partial charge in [0.2, 0.25) is 0 Å². The van der Waals surface area contributed by atoms with E-state index in [1.807, 2.05) is 44.4 Å². The summed E-state index contributed by atoms with van der Waals surface area (Å²) in [5.74, 6) is -0.484. The molecule has 0 bridgehead atoms. The fourth-order valence-corrected chi connectivity index (χ4v) is 2.39. The molecule has 0 radical (unpaired) electrons. The van der Waals surface area contributed by atoms with Gasteiger partial charge < -0.3 is 4.90 Å². The Morgan fingerprint density at radius 2 is 1.76 bits per heavy atom. The van der Waals surface area contributed by atoms with Crippen LogP contribution in [-0.2, 0) is 0 Å². The molecule has 0 aliphatic rings. The van der Waals surface area contributed by atoms with E-state index < -0.39 is 0 Å². The van der Waals surface area contributed by atoms with Gasteiger partial charge in [-0.2, -0.15) is 5.10 Å². The molecule has 2 aromatic carbocycles. The summed E-state index contributed by atoms with van der Waals surface area (Å²) in [4.78, 5) is 14.4. The number of aromatic nitrogens is 2. The molecule has 5 heteroatoms. The molecular formula is C20H18FN3O. The minimum Gasteiger partial charge on any atom is -0.383 e. The number of para-hydroxylation sites is 1. The van der Waals surface area contributed by atoms with Gasteiger partial charge in [-0.15, -0.1) is 0 Å². The maximum absolute atomic E-state index is 13.2. The van der Waals surface area contributed by atoms with Gasteiger partial charge in [-0.3, -0.25) is 4.79 Å². The zero-order chi connectivity index (χ0) is 17.8. The fraction of sp³-hybridized carbons (Fsp3) is 0.100. The molecule has 0 spiro atoms. The maximum atomic E-state index is 13.2. The molecule has 0 aliphatic heterocycles. The lowest BCUT2D eigenvalue weighted by molar-refractivity contribution is 0.104. The highest BCUT2D eigenvalue weighted by molar-refractivity contribution is 6.08. The third kappa shape index (κ3) is 3.83. The number of carbonyl (C=O) groups excluding carboxylic acids is 1. The molecule has 4 nitrogen and oxygen atoms in total. The molecule has 1 aromatic heterocycles. The van der Waals surface area contributed by atoms with Crippen molar-refractivity contribution in [2.75, 3.05) is 14.1 Å². The SMILES string of the molecule is CN(C)/C=C/C(=O)c1cn(-c2ccccc2)nc1-c1ccc(F)cc1. The van der Waals surface area contributed by atoms with Crippen LogP contribution >= 0.6 is 0 Å². The molecule has 0 N–H and O–H groups in total. The van der Waals surface area contributed by atoms with E-state index >= 15 is 0 Å². The average Bonchev–Trinajstić information content (AvgIpc) is 3.06. The number of rotatable bonds is 5. The largest absolute Gasteiger partial charge is 0.383 e. The van der Waals surface area contributed by atoms with Gasteiger partial charge in [-0.1, -0.05) is 18.2 Å². The van der Waals surface area contributed by atoms with Crippen molar-refractivity contribution in [1.82, 2.24) is 14.7 Å². The lowest BCUT2D eigenvalue weighted by atomic mass is 10.1. The number of ketones is 1. The second-order valence-electron chi connectivity index (χ2n) is 5.82. The predicted molar refractivity (Wildman–Crippen MR) is 96.1 cm³/mol. The first-order valence-electron chi connectivity index (χ1n) is 7.84. The Hall–Kier alpha value is -3.21. The quantitative estimate of drug-likeness (QED) is 0.524. The fourth-order valence-electron chi connectivity index (χ4n) is 2.39. The molecular weight excluding hydrogens is 317 g/mol. The molecule has 0 saturated heterocycles. The first kappa shape index (κ1) is 16.6. The zero-order valence-electron chi connectivity index (χ0n) is 14.1. The average molecular weight is 335 g/mol. The Balaban J connectivity index is 2.09. The highest BCUT2D eigenvalue weighted by Crippen LogP contribution is 2.24. The summed E-state index contributed by atoms with van der Waals surface area (Å²) in [7, 11) is 3.69. The minimum absolute atomic E-state index is 0.157. The molecule has 0 fully saturated rings. The molecule has 0 aliphatic carbocycles. The van der Waals surface area contributed by atoms with Gasteiger partial charge in [-0.05, 0) is 36.4 Å². The van der Waals surface area contributed by atoms with Crippen LogP contribution in [0.15, 0.2) is 73.1 Å². The van der Waals surface area contributed by atoms with Gasteiger partial charge in [0.05, 0.1) is 11.3 Å². The smallest absolute Gasteiger partial charge is 0.191 e. The van der Waals surface area contributed by atoms with Gasteiger partial charge in [-0.25, -0.2) is 9.07 Å². The highest BCUT2D eigenvalue weighted by Gasteiger charge is 2.17. The Bertz CT molecular complexity index is 896. The van der Waals surface area contributed by atoms with Crippen molar-refractivity contribution in [2.24, 2.45) is 0 Å². The summed E-state index contributed by atoms with van der Waals surface area (Å²) in [5, 5.41) is 4.55. The molecule has 3 rings (SSSR count). The van der Waals surface area contributed by atoms with Crippen molar-refractivity contribution < 1.29 is 9.18 Å². The van der Waals surface area contributed by atoms with E-state index in [1.165, 1.54) is 18.2 Å². The standard InChI is InChI=1S/C20H18FN3O/c1-23(2)13-12-19(25)18-14-24(17-6-4-3-5-7-17)22-20(18)15-8-10-16(21)11-9-15/h3-14H,1-2H3/b13-12+. The Morgan fingerprint density at radius 1 is 1.08 bits per heavy atom. The number of nitrogens with zero attached hydrogens (tertiary/aromatic N) is 3. The monoisotopic (exact) mass is 335 g/mol. The normalized spacial score (nSPS) is 11.0. The third-order valence-corrected chi connectivity index (χ3v) is 3.64. The topological polar surface area (TPSA) is 38.1 Å². The van der Waals surface area contributed by atoms with Crippen LogP contribution in [0.2, 0.25) is 0 Å². The lowest BCUT2D eigenvalue weighted by Gasteiger charge is -2.03. The van der Waals surface area contributed by atoms with Crippen LogP contribution in [0, 0.1) is 5.82 Å². The van der Waals surface area contributed by atoms with Gasteiger partial charge in [0.25, 0.3) is 0 Å². The van der Waals surface area contributed by atoms with E-state index in [-0.39, 0.29) is 11.6 Å². The van der Waals surface area contributed by atoms with E-state index in [4.69, 9.17) is 0 Å². The highest BCUT2D eigenvalue weighted by atomic mass is 19.1. The van der Waals surface area contributed by atoms with E-state index in [1.54, 1.807) is 34.1 Å². The number of halogens is 1. The van der Waals surface area contributed by atoms with Crippen LogP contribution in [0.25, 0.3) is 16.9 Å². The van der Waals surface area contributed by atoms with Gasteiger partial charge in [0, 0.05) is 38.1 Å². The Labute approximate surface area is 145 Å². The summed E-state index contributed by atoms with van der Waals surface area (Å²) in [5.41, 5.74) is 2.53. The lowest BCUT2D eigenvalue weighted by Crippen LogP contribution is -2.03. The molecule has 3 aromatic rings. The molecule has 126 valence electrons. The predicted octanol–water partition coefficient (Wildman–Crippen LogP) is 3.94. The van der Waals surface area contributed by atoms with Crippen molar-refractivity contribution in [3.05, 3.63) is 84.5 Å². The van der Waals surface area contributed by atoms with Gasteiger partial charge >= 0.3 is 0 Å². The molecule has 0 saturated carbocycles. The summed E-state index contributed by atoms with van der Waals surface area (Å²) < 4.78 is 14.9. The van der Waals surface area contributed by atoms with Crippen molar-refractivity contribution >= 4 is 5.78 Å². The van der Waals surface area contributed by atoms with Crippen LogP contribution in [-0.4, -0.2) is 34.6 Å². The first-order valence-corrected chi connectivity index (χ1v) is 7.84. The maximum Gasteiger partial charge on any atom is 0.191 e. The van der Waals surface area contributed by atoms with E-state index in [0.717, 1.165) is 5.69 Å². The Morgan fingerprint density at radius 3 is 2.40 bits per heavy atom. The van der Waals surface area contributed by atoms with E-state index in [0.29, 0.717) is 16.8 Å². The summed E-state index contributed by atoms with van der Waals surface area (Å²) in [6.07, 6.45) is 4.90. The van der Waals surface area contributed by atoms with Crippen LogP contribution in [0.5, 0.6) is 0 Å². The van der Waals surface area contributed by atoms with Crippen LogP contribution in [0.1, 0.15) is 10.4 Å². The molecule has 1 heterocycles. The van der Waals surface area contributed by atoms with Crippen LogP contribution in [0.4, 0.5) is 4.39 Å². The van der Waals surface area contributed by atoms with Crippen molar-refractivity contribution in [3.63, 3.8) is 0 Å². The summed E-state index contributed by atoms with van der Waals surface area (Å²) in [6, 6.07) is 15.5. The van der Waals surface area contributed by atoms with Crippen molar-refractivity contribution in [2.45, 2.75) is 0 Å². The number of carbonyl (C=O) groups is 1. The Kier molecular flexibility index (Phi) is 4.75. The van der Waals surface area contributed by atoms with Crippen LogP contribution in [0.3, 0.4) is 0 Å². The molecule has 0 unspecified atom stereocenters. The van der Waals surface area contributed by atoms with Gasteiger partial charge in [0.1, 0.15) is 11.5 Å². The minimum atomic E-state index is -0.327. The summed E-state index contributed by atoms with van der Waals surface area (Å²) >= 11 is 0. The third-order valence-electron chi connectivity index (χ3n) is 3.64. The second-order valence-corrected chi connectivity index (χ2v) is 5.82. The van der Waals surface area contributed by atoms with E-state index in [9.17, 15) is 9.18 Å².